The lowest BCUT2D eigenvalue weighted by Crippen LogP contribution is -1.95. The number of H-pyrrole nitrogens is 1. The lowest BCUT2D eigenvalue weighted by Gasteiger charge is -1.95. The van der Waals surface area contributed by atoms with Gasteiger partial charge in [0.25, 0.3) is 0 Å². The van der Waals surface area contributed by atoms with Gasteiger partial charge in [-0.1, -0.05) is 6.07 Å². The Morgan fingerprint density at radius 3 is 3.00 bits per heavy atom. The molecule has 0 unspecified atom stereocenters. The number of carboxylic acids is 1. The number of carboxylic acid groups (broad SMARTS) is 1. The zero-order valence-electron chi connectivity index (χ0n) is 9.86. The van der Waals surface area contributed by atoms with Crippen LogP contribution in [-0.2, 0) is 11.2 Å². The van der Waals surface area contributed by atoms with Crippen molar-refractivity contribution in [1.82, 2.24) is 9.97 Å². The van der Waals surface area contributed by atoms with Gasteiger partial charge in [0.15, 0.2) is 0 Å². The van der Waals surface area contributed by atoms with E-state index >= 15 is 0 Å². The van der Waals surface area contributed by atoms with Crippen LogP contribution in [0.5, 0.6) is 0 Å². The molecule has 4 heteroatoms. The minimum absolute atomic E-state index is 0.235. The van der Waals surface area contributed by atoms with Crippen molar-refractivity contribution in [3.63, 3.8) is 0 Å². The van der Waals surface area contributed by atoms with E-state index in [4.69, 9.17) is 5.11 Å². The zero-order valence-corrected chi connectivity index (χ0v) is 9.86. The minimum Gasteiger partial charge on any atom is -0.481 e. The molecule has 2 N–H and O–H groups in total. The molecule has 2 rings (SSSR count). The lowest BCUT2D eigenvalue weighted by atomic mass is 10.2. The molecule has 0 aliphatic heterocycles. The van der Waals surface area contributed by atoms with E-state index in [-0.39, 0.29) is 6.42 Å². The third kappa shape index (κ3) is 3.06. The van der Waals surface area contributed by atoms with Crippen molar-refractivity contribution < 1.29 is 9.90 Å². The van der Waals surface area contributed by atoms with Crippen LogP contribution in [0, 0.1) is 6.92 Å². The van der Waals surface area contributed by atoms with E-state index < -0.39 is 5.97 Å². The first-order valence-corrected chi connectivity index (χ1v) is 5.82. The first-order chi connectivity index (χ1) is 8.15. The van der Waals surface area contributed by atoms with Gasteiger partial charge in [-0.25, -0.2) is 4.98 Å². The number of nitrogens with zero attached hydrogens (tertiary/aromatic N) is 1. The number of hydrogen-bond donors (Lipinski definition) is 2. The summed E-state index contributed by atoms with van der Waals surface area (Å²) in [4.78, 5) is 18.1. The van der Waals surface area contributed by atoms with Gasteiger partial charge in [0.2, 0.25) is 0 Å². The molecule has 0 saturated heterocycles. The number of carbonyl (C=O) groups is 1. The predicted molar refractivity (Wildman–Crippen MR) is 66.0 cm³/mol. The summed E-state index contributed by atoms with van der Waals surface area (Å²) in [5, 5.41) is 8.53. The van der Waals surface area contributed by atoms with Gasteiger partial charge in [0, 0.05) is 12.8 Å². The number of aryl methyl sites for hydroxylation is 2. The molecule has 0 fully saturated rings. The number of nitrogens with one attached hydrogen (secondary N) is 1. The average molecular weight is 232 g/mol. The van der Waals surface area contributed by atoms with Crippen LogP contribution >= 0.6 is 0 Å². The highest BCUT2D eigenvalue weighted by molar-refractivity contribution is 5.75. The number of aromatic amines is 1. The van der Waals surface area contributed by atoms with E-state index in [9.17, 15) is 4.79 Å². The third-order valence-corrected chi connectivity index (χ3v) is 2.74. The van der Waals surface area contributed by atoms with E-state index in [1.807, 2.05) is 19.1 Å². The zero-order chi connectivity index (χ0) is 12.3. The first kappa shape index (κ1) is 11.6. The van der Waals surface area contributed by atoms with E-state index in [2.05, 4.69) is 16.0 Å². The highest BCUT2D eigenvalue weighted by atomic mass is 16.4. The first-order valence-electron chi connectivity index (χ1n) is 5.82. The van der Waals surface area contributed by atoms with Crippen LogP contribution in [0.25, 0.3) is 11.0 Å². The number of aromatic nitrogens is 2. The smallest absolute Gasteiger partial charge is 0.303 e. The normalized spacial score (nSPS) is 10.9. The summed E-state index contributed by atoms with van der Waals surface area (Å²) in [5.41, 5.74) is 3.24. The van der Waals surface area contributed by atoms with Gasteiger partial charge in [-0.3, -0.25) is 4.79 Å². The van der Waals surface area contributed by atoms with Crippen molar-refractivity contribution in [2.45, 2.75) is 32.6 Å². The van der Waals surface area contributed by atoms with Crippen LogP contribution in [0.4, 0.5) is 0 Å². The Morgan fingerprint density at radius 2 is 2.24 bits per heavy atom. The number of hydrogen-bond acceptors (Lipinski definition) is 2. The highest BCUT2D eigenvalue weighted by Crippen LogP contribution is 2.14. The Labute approximate surface area is 99.7 Å². The van der Waals surface area contributed by atoms with Crippen molar-refractivity contribution in [1.29, 1.82) is 0 Å². The molecule has 0 aliphatic carbocycles. The molecule has 0 radical (unpaired) electrons. The van der Waals surface area contributed by atoms with Crippen LogP contribution in [0.2, 0.25) is 0 Å². The monoisotopic (exact) mass is 232 g/mol. The molecule has 0 bridgehead atoms. The van der Waals surface area contributed by atoms with Gasteiger partial charge in [-0.2, -0.15) is 0 Å². The van der Waals surface area contributed by atoms with Gasteiger partial charge in [-0.05, 0) is 37.5 Å². The van der Waals surface area contributed by atoms with Gasteiger partial charge in [0.05, 0.1) is 11.0 Å². The van der Waals surface area contributed by atoms with Crippen LogP contribution in [0.3, 0.4) is 0 Å². The number of imidazole rings is 1. The molecule has 0 spiro atoms. The summed E-state index contributed by atoms with van der Waals surface area (Å²) in [5.74, 6) is 0.209. The Morgan fingerprint density at radius 1 is 1.41 bits per heavy atom. The molecule has 2 aromatic rings. The molecular weight excluding hydrogens is 216 g/mol. The molecule has 1 aromatic heterocycles. The van der Waals surface area contributed by atoms with Gasteiger partial charge in [0.1, 0.15) is 5.82 Å². The van der Waals surface area contributed by atoms with Crippen LogP contribution < -0.4 is 0 Å². The van der Waals surface area contributed by atoms with E-state index in [1.54, 1.807) is 0 Å². The summed E-state index contributed by atoms with van der Waals surface area (Å²) in [6.45, 7) is 2.05. The molecule has 0 aliphatic rings. The maximum atomic E-state index is 10.4. The van der Waals surface area contributed by atoms with Crippen molar-refractivity contribution >= 4 is 17.0 Å². The average Bonchev–Trinajstić information content (AvgIpc) is 2.66. The maximum Gasteiger partial charge on any atom is 0.303 e. The summed E-state index contributed by atoms with van der Waals surface area (Å²) >= 11 is 0. The summed E-state index contributed by atoms with van der Waals surface area (Å²) < 4.78 is 0. The number of rotatable bonds is 5. The molecule has 4 nitrogen and oxygen atoms in total. The van der Waals surface area contributed by atoms with E-state index in [1.165, 1.54) is 5.56 Å². The second kappa shape index (κ2) is 4.99. The Hall–Kier alpha value is -1.84. The third-order valence-electron chi connectivity index (χ3n) is 2.74. The number of benzene rings is 1. The van der Waals surface area contributed by atoms with Gasteiger partial charge >= 0.3 is 5.97 Å². The fourth-order valence-corrected chi connectivity index (χ4v) is 1.86. The van der Waals surface area contributed by atoms with E-state index in [0.717, 1.165) is 29.7 Å². The van der Waals surface area contributed by atoms with Crippen LogP contribution in [0.1, 0.15) is 30.7 Å². The topological polar surface area (TPSA) is 66.0 Å². The second-order valence-corrected chi connectivity index (χ2v) is 4.30. The van der Waals surface area contributed by atoms with Crippen molar-refractivity contribution in [2.75, 3.05) is 0 Å². The highest BCUT2D eigenvalue weighted by Gasteiger charge is 2.03. The SMILES string of the molecule is Cc1ccc2nc(CCCCC(=O)O)[nH]c2c1. The molecule has 90 valence electrons. The molecule has 0 saturated carbocycles. The second-order valence-electron chi connectivity index (χ2n) is 4.30. The molecular formula is C13H16N2O2. The van der Waals surface area contributed by atoms with Gasteiger partial charge < -0.3 is 10.1 Å². The van der Waals surface area contributed by atoms with Crippen molar-refractivity contribution in [2.24, 2.45) is 0 Å². The minimum atomic E-state index is -0.731. The molecule has 0 atom stereocenters. The number of aliphatic carboxylic acids is 1. The van der Waals surface area contributed by atoms with Gasteiger partial charge in [-0.15, -0.1) is 0 Å². The standard InChI is InChI=1S/C13H16N2O2/c1-9-6-7-10-11(8-9)15-12(14-10)4-2-3-5-13(16)17/h6-8H,2-5H2,1H3,(H,14,15)(H,16,17). The molecule has 0 amide bonds. The number of unbranched alkanes of at least 4 members (excludes halogenated alkanes) is 1. The van der Waals surface area contributed by atoms with Crippen LogP contribution in [0.15, 0.2) is 18.2 Å². The fourth-order valence-electron chi connectivity index (χ4n) is 1.86. The summed E-state index contributed by atoms with van der Waals surface area (Å²) in [6, 6.07) is 6.11. The summed E-state index contributed by atoms with van der Waals surface area (Å²) in [6.07, 6.45) is 2.59. The Bertz CT molecular complexity index is 531. The van der Waals surface area contributed by atoms with Crippen molar-refractivity contribution in [3.05, 3.63) is 29.6 Å². The molecule has 17 heavy (non-hydrogen) atoms. The largest absolute Gasteiger partial charge is 0.481 e. The predicted octanol–water partition coefficient (Wildman–Crippen LogP) is 2.67. The Balaban J connectivity index is 1.97. The van der Waals surface area contributed by atoms with E-state index in [0.29, 0.717) is 6.42 Å². The van der Waals surface area contributed by atoms with Crippen molar-refractivity contribution in [3.8, 4) is 0 Å². The maximum absolute atomic E-state index is 10.4. The quantitative estimate of drug-likeness (QED) is 0.779. The van der Waals surface area contributed by atoms with Crippen LogP contribution in [-0.4, -0.2) is 21.0 Å². The molecule has 1 heterocycles. The molecule has 1 aromatic carbocycles. The Kier molecular flexibility index (Phi) is 3.42. The fraction of sp³-hybridized carbons (Fsp3) is 0.385. The summed E-state index contributed by atoms with van der Waals surface area (Å²) in [7, 11) is 0. The lowest BCUT2D eigenvalue weighted by molar-refractivity contribution is -0.137. The number of fused-ring (bicyclic) bond motifs is 1.